The summed E-state index contributed by atoms with van der Waals surface area (Å²) in [4.78, 5) is 0.809. The van der Waals surface area contributed by atoms with Crippen LogP contribution in [0.25, 0.3) is 0 Å². The van der Waals surface area contributed by atoms with E-state index in [-0.39, 0.29) is 6.10 Å². The molecule has 0 bridgehead atoms. The lowest BCUT2D eigenvalue weighted by atomic mass is 10.1. The molecule has 1 N–H and O–H groups in total. The van der Waals surface area contributed by atoms with E-state index in [9.17, 15) is 5.11 Å². The van der Waals surface area contributed by atoms with Crippen molar-refractivity contribution in [2.45, 2.75) is 38.9 Å². The molecular formula is C11H17ClO2S. The van der Waals surface area contributed by atoms with Gasteiger partial charge in [-0.15, -0.1) is 11.3 Å². The van der Waals surface area contributed by atoms with Crippen LogP contribution >= 0.6 is 22.9 Å². The van der Waals surface area contributed by atoms with Crippen LogP contribution in [0, 0.1) is 0 Å². The Hall–Kier alpha value is -0.0900. The first-order valence-corrected chi connectivity index (χ1v) is 6.49. The average molecular weight is 249 g/mol. The van der Waals surface area contributed by atoms with E-state index in [1.807, 2.05) is 12.3 Å². The third-order valence-electron chi connectivity index (χ3n) is 2.22. The quantitative estimate of drug-likeness (QED) is 0.833. The molecule has 0 aromatic carbocycles. The van der Waals surface area contributed by atoms with E-state index in [0.29, 0.717) is 11.6 Å². The van der Waals surface area contributed by atoms with Gasteiger partial charge in [0.25, 0.3) is 0 Å². The van der Waals surface area contributed by atoms with Crippen molar-refractivity contribution in [1.29, 1.82) is 0 Å². The molecule has 0 spiro atoms. The summed E-state index contributed by atoms with van der Waals surface area (Å²) in [6.07, 6.45) is 1.10. The van der Waals surface area contributed by atoms with Crippen LogP contribution in [0.1, 0.15) is 37.7 Å². The second-order valence-corrected chi connectivity index (χ2v) is 4.71. The molecule has 0 saturated carbocycles. The van der Waals surface area contributed by atoms with Crippen molar-refractivity contribution in [1.82, 2.24) is 0 Å². The highest BCUT2D eigenvalue weighted by atomic mass is 35.5. The molecule has 0 aliphatic heterocycles. The van der Waals surface area contributed by atoms with E-state index >= 15 is 0 Å². The number of halogens is 1. The van der Waals surface area contributed by atoms with E-state index in [1.165, 1.54) is 11.3 Å². The van der Waals surface area contributed by atoms with Crippen LogP contribution in [-0.4, -0.2) is 17.8 Å². The number of aliphatic hydroxyl groups is 1. The van der Waals surface area contributed by atoms with Crippen molar-refractivity contribution in [3.05, 3.63) is 21.3 Å². The minimum Gasteiger partial charge on any atom is -0.385 e. The maximum Gasteiger partial charge on any atom is 0.116 e. The van der Waals surface area contributed by atoms with Crippen molar-refractivity contribution in [3.8, 4) is 0 Å². The third kappa shape index (κ3) is 3.45. The van der Waals surface area contributed by atoms with E-state index in [0.717, 1.165) is 17.7 Å². The van der Waals surface area contributed by atoms with Gasteiger partial charge in [-0.3, -0.25) is 0 Å². The van der Waals surface area contributed by atoms with Gasteiger partial charge in [0.2, 0.25) is 0 Å². The monoisotopic (exact) mass is 248 g/mol. The van der Waals surface area contributed by atoms with Crippen LogP contribution in [0.15, 0.2) is 11.4 Å². The Kier molecular flexibility index (Phi) is 5.61. The van der Waals surface area contributed by atoms with Crippen LogP contribution in [0.3, 0.4) is 0 Å². The summed E-state index contributed by atoms with van der Waals surface area (Å²) in [5.41, 5.74) is 0. The minimum atomic E-state index is -0.600. The zero-order valence-corrected chi connectivity index (χ0v) is 10.6. The molecule has 0 radical (unpaired) electrons. The minimum absolute atomic E-state index is 0.142. The summed E-state index contributed by atoms with van der Waals surface area (Å²) < 4.78 is 5.52. The molecule has 86 valence electrons. The molecule has 2 atom stereocenters. The number of hydrogen-bond donors (Lipinski definition) is 1. The van der Waals surface area contributed by atoms with Crippen LogP contribution in [0.4, 0.5) is 0 Å². The molecule has 15 heavy (non-hydrogen) atoms. The lowest BCUT2D eigenvalue weighted by molar-refractivity contribution is -0.0369. The highest BCUT2D eigenvalue weighted by Crippen LogP contribution is 2.32. The number of ether oxygens (including phenoxy) is 1. The van der Waals surface area contributed by atoms with Gasteiger partial charge in [-0.2, -0.15) is 0 Å². The first-order valence-electron chi connectivity index (χ1n) is 5.23. The van der Waals surface area contributed by atoms with Gasteiger partial charge in [-0.25, -0.2) is 0 Å². The van der Waals surface area contributed by atoms with Gasteiger partial charge in [-0.05, 0) is 24.8 Å². The van der Waals surface area contributed by atoms with Crippen molar-refractivity contribution in [3.63, 3.8) is 0 Å². The second kappa shape index (κ2) is 6.48. The summed E-state index contributed by atoms with van der Waals surface area (Å²) >= 11 is 7.45. The summed E-state index contributed by atoms with van der Waals surface area (Å²) in [6, 6.07) is 1.81. The average Bonchev–Trinajstić information content (AvgIpc) is 2.63. The molecule has 2 nitrogen and oxygen atoms in total. The van der Waals surface area contributed by atoms with E-state index in [2.05, 4.69) is 6.92 Å². The standard InChI is InChI=1S/C11H17ClO2S/c1-3-5-9(14-4-2)10(13)11-8(12)6-7-15-11/h6-7,9-10,13H,3-5H2,1-2H3. The van der Waals surface area contributed by atoms with Gasteiger partial charge in [0, 0.05) is 6.61 Å². The SMILES string of the molecule is CCCC(OCC)C(O)c1sccc1Cl. The fourth-order valence-electron chi connectivity index (χ4n) is 1.52. The zero-order chi connectivity index (χ0) is 11.3. The Balaban J connectivity index is 2.71. The number of aliphatic hydroxyl groups excluding tert-OH is 1. The fraction of sp³-hybridized carbons (Fsp3) is 0.636. The Morgan fingerprint density at radius 2 is 2.27 bits per heavy atom. The van der Waals surface area contributed by atoms with E-state index < -0.39 is 6.10 Å². The Labute approximate surface area is 99.8 Å². The fourth-order valence-corrected chi connectivity index (χ4v) is 2.72. The number of hydrogen-bond acceptors (Lipinski definition) is 3. The van der Waals surface area contributed by atoms with E-state index in [4.69, 9.17) is 16.3 Å². The molecule has 0 fully saturated rings. The van der Waals surface area contributed by atoms with Crippen LogP contribution in [-0.2, 0) is 4.74 Å². The largest absolute Gasteiger partial charge is 0.385 e. The number of thiophene rings is 1. The smallest absolute Gasteiger partial charge is 0.116 e. The Morgan fingerprint density at radius 1 is 1.53 bits per heavy atom. The number of rotatable bonds is 6. The van der Waals surface area contributed by atoms with Crippen molar-refractivity contribution in [2.75, 3.05) is 6.61 Å². The second-order valence-electron chi connectivity index (χ2n) is 3.36. The zero-order valence-electron chi connectivity index (χ0n) is 9.07. The topological polar surface area (TPSA) is 29.5 Å². The van der Waals surface area contributed by atoms with Gasteiger partial charge >= 0.3 is 0 Å². The molecule has 1 aromatic rings. The molecule has 4 heteroatoms. The Morgan fingerprint density at radius 3 is 2.73 bits per heavy atom. The Bertz CT molecular complexity index is 282. The van der Waals surface area contributed by atoms with Crippen molar-refractivity contribution < 1.29 is 9.84 Å². The van der Waals surface area contributed by atoms with Gasteiger partial charge < -0.3 is 9.84 Å². The third-order valence-corrected chi connectivity index (χ3v) is 3.65. The van der Waals surface area contributed by atoms with Gasteiger partial charge in [0.15, 0.2) is 0 Å². The summed E-state index contributed by atoms with van der Waals surface area (Å²) in [5, 5.41) is 12.6. The maximum atomic E-state index is 10.1. The molecular weight excluding hydrogens is 232 g/mol. The molecule has 1 rings (SSSR count). The summed E-state index contributed by atoms with van der Waals surface area (Å²) in [6.45, 7) is 4.63. The summed E-state index contributed by atoms with van der Waals surface area (Å²) in [7, 11) is 0. The lowest BCUT2D eigenvalue weighted by Crippen LogP contribution is -2.21. The highest BCUT2D eigenvalue weighted by Gasteiger charge is 2.23. The van der Waals surface area contributed by atoms with Crippen LogP contribution < -0.4 is 0 Å². The van der Waals surface area contributed by atoms with Crippen molar-refractivity contribution >= 4 is 22.9 Å². The molecule has 0 aliphatic rings. The molecule has 0 amide bonds. The first kappa shape index (κ1) is 13.0. The molecule has 0 saturated heterocycles. The molecule has 1 aromatic heterocycles. The van der Waals surface area contributed by atoms with Gasteiger partial charge in [-0.1, -0.05) is 24.9 Å². The molecule has 1 heterocycles. The predicted octanol–water partition coefficient (Wildman–Crippen LogP) is 3.64. The maximum absolute atomic E-state index is 10.1. The van der Waals surface area contributed by atoms with Gasteiger partial charge in [0.1, 0.15) is 6.10 Å². The first-order chi connectivity index (χ1) is 7.20. The van der Waals surface area contributed by atoms with Crippen LogP contribution in [0.5, 0.6) is 0 Å². The van der Waals surface area contributed by atoms with Crippen LogP contribution in [0.2, 0.25) is 5.02 Å². The van der Waals surface area contributed by atoms with Crippen molar-refractivity contribution in [2.24, 2.45) is 0 Å². The van der Waals surface area contributed by atoms with Gasteiger partial charge in [0.05, 0.1) is 16.0 Å². The highest BCUT2D eigenvalue weighted by molar-refractivity contribution is 7.10. The predicted molar refractivity (Wildman–Crippen MR) is 64.6 cm³/mol. The normalized spacial score (nSPS) is 15.2. The molecule has 2 unspecified atom stereocenters. The van der Waals surface area contributed by atoms with E-state index in [1.54, 1.807) is 6.07 Å². The lowest BCUT2D eigenvalue weighted by Gasteiger charge is -2.21. The summed E-state index contributed by atoms with van der Waals surface area (Å²) in [5.74, 6) is 0. The molecule has 0 aliphatic carbocycles.